The molecule has 0 aliphatic rings. The monoisotopic (exact) mass is 237 g/mol. The van der Waals surface area contributed by atoms with E-state index in [9.17, 15) is 10.2 Å². The Balaban J connectivity index is 2.73. The van der Waals surface area contributed by atoms with Gasteiger partial charge in [-0.25, -0.2) is 4.98 Å². The molecule has 1 rings (SSSR count). The van der Waals surface area contributed by atoms with E-state index in [1.54, 1.807) is 19.1 Å². The van der Waals surface area contributed by atoms with Gasteiger partial charge in [0.2, 0.25) is 0 Å². The summed E-state index contributed by atoms with van der Waals surface area (Å²) >= 11 is 0. The summed E-state index contributed by atoms with van der Waals surface area (Å²) < 4.78 is 0. The fourth-order valence-corrected chi connectivity index (χ4v) is 1.50. The van der Waals surface area contributed by atoms with Crippen molar-refractivity contribution in [1.82, 2.24) is 4.98 Å². The molecular weight excluding hydrogens is 222 g/mol. The lowest BCUT2D eigenvalue weighted by Crippen LogP contribution is -2.20. The van der Waals surface area contributed by atoms with E-state index in [1.807, 2.05) is 0 Å². The molecule has 7 heteroatoms. The number of nitrogen functional groups attached to an aromatic ring is 1. The van der Waals surface area contributed by atoms with Crippen LogP contribution in [0.5, 0.6) is 0 Å². The smallest absolute Gasteiger partial charge is 0.123 e. The third-order valence-electron chi connectivity index (χ3n) is 2.42. The minimum atomic E-state index is -1.06. The van der Waals surface area contributed by atoms with Gasteiger partial charge in [0.25, 0.3) is 0 Å². The quantitative estimate of drug-likeness (QED) is 0.402. The molecule has 0 radical (unpaired) electrons. The van der Waals surface area contributed by atoms with Crippen LogP contribution in [0.1, 0.15) is 23.8 Å². The third-order valence-corrected chi connectivity index (χ3v) is 2.42. The number of aromatic nitrogens is 1. The molecule has 7 nitrogen and oxygen atoms in total. The summed E-state index contributed by atoms with van der Waals surface area (Å²) in [6, 6.07) is 3.19. The van der Waals surface area contributed by atoms with E-state index in [0.29, 0.717) is 17.1 Å². The number of pyridine rings is 1. The Kier molecular flexibility index (Phi) is 4.71. The molecule has 2 unspecified atom stereocenters. The van der Waals surface area contributed by atoms with E-state index in [-0.39, 0.29) is 13.0 Å². The first-order valence-electron chi connectivity index (χ1n) is 5.16. The lowest BCUT2D eigenvalue weighted by Gasteiger charge is -2.18. The number of rotatable bonds is 5. The Bertz CT molecular complexity index is 431. The van der Waals surface area contributed by atoms with Crippen LogP contribution >= 0.6 is 0 Å². The Morgan fingerprint density at radius 1 is 1.53 bits per heavy atom. The van der Waals surface area contributed by atoms with Crippen LogP contribution in [-0.4, -0.2) is 27.8 Å². The zero-order valence-electron chi connectivity index (χ0n) is 9.48. The van der Waals surface area contributed by atoms with Crippen LogP contribution in [0.3, 0.4) is 0 Å². The predicted molar refractivity (Wildman–Crippen MR) is 63.0 cm³/mol. The van der Waals surface area contributed by atoms with Crippen molar-refractivity contribution in [2.45, 2.75) is 25.6 Å². The molecule has 1 heterocycles. The van der Waals surface area contributed by atoms with Crippen molar-refractivity contribution in [1.29, 1.82) is 0 Å². The summed E-state index contributed by atoms with van der Waals surface area (Å²) in [4.78, 5) is 6.57. The highest BCUT2D eigenvalue weighted by Gasteiger charge is 2.20. The molecule has 0 aliphatic carbocycles. The van der Waals surface area contributed by atoms with Gasteiger partial charge in [0.05, 0.1) is 6.10 Å². The molecule has 0 fully saturated rings. The highest BCUT2D eigenvalue weighted by molar-refractivity contribution is 5.35. The minimum absolute atomic E-state index is 0.135. The molecule has 0 aliphatic heterocycles. The standard InChI is InChI=1S/C10H15N5O2/c1-6-7(2-3-9(11)14-6)10(17)8(16)4-5-13-15-12/h2-3,8,10,16-17H,4-5H2,1H3,(H2,11,14). The number of anilines is 1. The zero-order chi connectivity index (χ0) is 12.8. The van der Waals surface area contributed by atoms with E-state index in [1.165, 1.54) is 0 Å². The molecule has 92 valence electrons. The second-order valence-corrected chi connectivity index (χ2v) is 3.67. The first-order chi connectivity index (χ1) is 8.06. The fraction of sp³-hybridized carbons (Fsp3) is 0.500. The Morgan fingerprint density at radius 2 is 2.24 bits per heavy atom. The molecule has 0 saturated heterocycles. The lowest BCUT2D eigenvalue weighted by molar-refractivity contribution is 0.0144. The van der Waals surface area contributed by atoms with E-state index < -0.39 is 12.2 Å². The van der Waals surface area contributed by atoms with Gasteiger partial charge < -0.3 is 15.9 Å². The van der Waals surface area contributed by atoms with Crippen LogP contribution < -0.4 is 5.73 Å². The van der Waals surface area contributed by atoms with Crippen LogP contribution in [0, 0.1) is 6.92 Å². The van der Waals surface area contributed by atoms with Crippen LogP contribution in [0.25, 0.3) is 10.4 Å². The van der Waals surface area contributed by atoms with Gasteiger partial charge in [-0.2, -0.15) is 0 Å². The number of azide groups is 1. The highest BCUT2D eigenvalue weighted by atomic mass is 16.3. The summed E-state index contributed by atoms with van der Waals surface area (Å²) in [5.41, 5.74) is 14.7. The van der Waals surface area contributed by atoms with Crippen LogP contribution in [-0.2, 0) is 0 Å². The molecule has 4 N–H and O–H groups in total. The van der Waals surface area contributed by atoms with Crippen molar-refractivity contribution in [3.63, 3.8) is 0 Å². The van der Waals surface area contributed by atoms with Gasteiger partial charge >= 0.3 is 0 Å². The highest BCUT2D eigenvalue weighted by Crippen LogP contribution is 2.22. The SMILES string of the molecule is Cc1nc(N)ccc1C(O)C(O)CCN=[N+]=[N-]. The molecule has 1 aromatic rings. The number of hydrogen-bond donors (Lipinski definition) is 3. The summed E-state index contributed by atoms with van der Waals surface area (Å²) in [5, 5.41) is 22.9. The zero-order valence-corrected chi connectivity index (χ0v) is 9.48. The Morgan fingerprint density at radius 3 is 2.82 bits per heavy atom. The van der Waals surface area contributed by atoms with Crippen LogP contribution in [0.15, 0.2) is 17.2 Å². The molecule has 2 atom stereocenters. The minimum Gasteiger partial charge on any atom is -0.390 e. The average Bonchev–Trinajstić information content (AvgIpc) is 2.28. The number of nitrogens with two attached hydrogens (primary N) is 1. The summed E-state index contributed by atoms with van der Waals surface area (Å²) in [6.45, 7) is 1.84. The molecular formula is C10H15N5O2. The molecule has 0 amide bonds. The molecule has 0 bridgehead atoms. The normalized spacial score (nSPS) is 13.8. The second kappa shape index (κ2) is 6.05. The fourth-order valence-electron chi connectivity index (χ4n) is 1.50. The maximum atomic E-state index is 9.89. The number of aryl methyl sites for hydroxylation is 1. The van der Waals surface area contributed by atoms with Crippen molar-refractivity contribution < 1.29 is 10.2 Å². The van der Waals surface area contributed by atoms with Crippen LogP contribution in [0.2, 0.25) is 0 Å². The van der Waals surface area contributed by atoms with Gasteiger partial charge in [0.15, 0.2) is 0 Å². The van der Waals surface area contributed by atoms with Crippen molar-refractivity contribution in [3.8, 4) is 0 Å². The Hall–Kier alpha value is -1.82. The van der Waals surface area contributed by atoms with Crippen molar-refractivity contribution >= 4 is 5.82 Å². The average molecular weight is 237 g/mol. The van der Waals surface area contributed by atoms with Gasteiger partial charge in [-0.1, -0.05) is 11.2 Å². The van der Waals surface area contributed by atoms with Crippen molar-refractivity contribution in [2.75, 3.05) is 12.3 Å². The molecule has 17 heavy (non-hydrogen) atoms. The maximum Gasteiger partial charge on any atom is 0.123 e. The summed E-state index contributed by atoms with van der Waals surface area (Å²) in [5.74, 6) is 0.363. The van der Waals surface area contributed by atoms with Gasteiger partial charge in [0.1, 0.15) is 11.9 Å². The van der Waals surface area contributed by atoms with Gasteiger partial charge in [-0.3, -0.25) is 0 Å². The number of aliphatic hydroxyl groups excluding tert-OH is 2. The number of nitrogens with zero attached hydrogens (tertiary/aromatic N) is 4. The van der Waals surface area contributed by atoms with Crippen molar-refractivity contribution in [3.05, 3.63) is 33.8 Å². The molecule has 1 aromatic heterocycles. The van der Waals surface area contributed by atoms with E-state index >= 15 is 0 Å². The summed E-state index contributed by atoms with van der Waals surface area (Å²) in [7, 11) is 0. The maximum absolute atomic E-state index is 9.89. The molecule has 0 aromatic carbocycles. The van der Waals surface area contributed by atoms with Crippen molar-refractivity contribution in [2.24, 2.45) is 5.11 Å². The van der Waals surface area contributed by atoms with Gasteiger partial charge in [-0.05, 0) is 24.9 Å². The topological polar surface area (TPSA) is 128 Å². The number of hydrogen-bond acceptors (Lipinski definition) is 5. The predicted octanol–water partition coefficient (Wildman–Crippen LogP) is 1.07. The summed E-state index contributed by atoms with van der Waals surface area (Å²) in [6.07, 6.45) is -1.86. The molecule has 0 saturated carbocycles. The number of aliphatic hydroxyl groups is 2. The largest absolute Gasteiger partial charge is 0.390 e. The second-order valence-electron chi connectivity index (χ2n) is 3.67. The van der Waals surface area contributed by atoms with E-state index in [2.05, 4.69) is 15.0 Å². The van der Waals surface area contributed by atoms with Crippen LogP contribution in [0.4, 0.5) is 5.82 Å². The third kappa shape index (κ3) is 3.60. The lowest BCUT2D eigenvalue weighted by atomic mass is 10.0. The first-order valence-corrected chi connectivity index (χ1v) is 5.16. The molecule has 0 spiro atoms. The van der Waals surface area contributed by atoms with Gasteiger partial charge in [-0.15, -0.1) is 0 Å². The van der Waals surface area contributed by atoms with E-state index in [4.69, 9.17) is 11.3 Å². The van der Waals surface area contributed by atoms with Gasteiger partial charge in [0, 0.05) is 22.7 Å². The first kappa shape index (κ1) is 13.2. The Labute approximate surface area is 98.5 Å². The van der Waals surface area contributed by atoms with E-state index in [0.717, 1.165) is 0 Å².